The van der Waals surface area contributed by atoms with Crippen molar-refractivity contribution in [2.45, 2.75) is 6.54 Å². The van der Waals surface area contributed by atoms with Crippen LogP contribution in [0.3, 0.4) is 0 Å². The van der Waals surface area contributed by atoms with Crippen LogP contribution >= 0.6 is 11.6 Å². The van der Waals surface area contributed by atoms with Crippen molar-refractivity contribution in [1.82, 2.24) is 0 Å². The predicted molar refractivity (Wildman–Crippen MR) is 125 cm³/mol. The van der Waals surface area contributed by atoms with Gasteiger partial charge in [-0.05, 0) is 72.3 Å². The third-order valence-corrected chi connectivity index (χ3v) is 4.96. The summed E-state index contributed by atoms with van der Waals surface area (Å²) in [6, 6.07) is 29.4. The molecular formula is C26H20ClNO4. The van der Waals surface area contributed by atoms with E-state index >= 15 is 0 Å². The van der Waals surface area contributed by atoms with Crippen molar-refractivity contribution in [2.75, 3.05) is 5.32 Å². The Morgan fingerprint density at radius 3 is 2.06 bits per heavy atom. The van der Waals surface area contributed by atoms with E-state index in [2.05, 4.69) is 5.32 Å². The molecule has 4 rings (SSSR count). The van der Waals surface area contributed by atoms with Crippen molar-refractivity contribution >= 4 is 23.3 Å². The van der Waals surface area contributed by atoms with Crippen LogP contribution in [0, 0.1) is 0 Å². The van der Waals surface area contributed by atoms with Gasteiger partial charge in [0.05, 0.1) is 10.6 Å². The lowest BCUT2D eigenvalue weighted by Gasteiger charge is -2.11. The average Bonchev–Trinajstić information content (AvgIpc) is 2.81. The van der Waals surface area contributed by atoms with Crippen molar-refractivity contribution in [3.8, 4) is 23.0 Å². The van der Waals surface area contributed by atoms with Gasteiger partial charge in [-0.15, -0.1) is 0 Å². The molecule has 0 fully saturated rings. The molecule has 4 aromatic carbocycles. The number of carbonyl (C=O) groups is 1. The Morgan fingerprint density at radius 2 is 1.41 bits per heavy atom. The van der Waals surface area contributed by atoms with Gasteiger partial charge < -0.3 is 19.9 Å². The van der Waals surface area contributed by atoms with Gasteiger partial charge in [0.2, 0.25) is 0 Å². The number of nitrogens with one attached hydrogen (secondary N) is 1. The number of carboxylic acids is 1. The molecule has 0 saturated heterocycles. The monoisotopic (exact) mass is 445 g/mol. The van der Waals surface area contributed by atoms with Crippen LogP contribution < -0.4 is 14.8 Å². The highest BCUT2D eigenvalue weighted by atomic mass is 35.5. The number of rotatable bonds is 8. The van der Waals surface area contributed by atoms with E-state index in [-0.39, 0.29) is 10.6 Å². The summed E-state index contributed by atoms with van der Waals surface area (Å²) >= 11 is 6.12. The molecule has 32 heavy (non-hydrogen) atoms. The number of benzene rings is 4. The summed E-state index contributed by atoms with van der Waals surface area (Å²) in [5.41, 5.74) is 2.17. The van der Waals surface area contributed by atoms with Gasteiger partial charge in [-0.1, -0.05) is 41.9 Å². The maximum Gasteiger partial charge on any atom is 0.335 e. The second-order valence-corrected chi connectivity index (χ2v) is 7.40. The topological polar surface area (TPSA) is 67.8 Å². The van der Waals surface area contributed by atoms with Gasteiger partial charge in [-0.2, -0.15) is 0 Å². The molecular weight excluding hydrogens is 426 g/mol. The number of ether oxygens (including phenoxy) is 2. The minimum absolute atomic E-state index is 0.113. The molecule has 0 atom stereocenters. The number of anilines is 1. The fourth-order valence-corrected chi connectivity index (χ4v) is 3.21. The SMILES string of the molecule is O=C(O)c1ccc(Oc2ccc(NCc3ccc(Oc4ccccc4)cc3)cc2)c(Cl)c1. The molecule has 0 heterocycles. The first-order chi connectivity index (χ1) is 15.6. The Labute approximate surface area is 190 Å². The summed E-state index contributed by atoms with van der Waals surface area (Å²) < 4.78 is 11.6. The Kier molecular flexibility index (Phi) is 6.58. The van der Waals surface area contributed by atoms with Gasteiger partial charge in [0.15, 0.2) is 0 Å². The van der Waals surface area contributed by atoms with E-state index in [1.165, 1.54) is 12.1 Å². The second-order valence-electron chi connectivity index (χ2n) is 6.99. The van der Waals surface area contributed by atoms with Crippen LogP contribution in [-0.4, -0.2) is 11.1 Å². The Morgan fingerprint density at radius 1 is 0.781 bits per heavy atom. The lowest BCUT2D eigenvalue weighted by Crippen LogP contribution is -1.99. The maximum absolute atomic E-state index is 11.0. The molecule has 0 saturated carbocycles. The molecule has 0 aliphatic rings. The molecule has 5 nitrogen and oxygen atoms in total. The van der Waals surface area contributed by atoms with Crippen molar-refractivity contribution in [2.24, 2.45) is 0 Å². The lowest BCUT2D eigenvalue weighted by atomic mass is 10.2. The number of para-hydroxylation sites is 1. The van der Waals surface area contributed by atoms with E-state index in [0.717, 1.165) is 22.7 Å². The highest BCUT2D eigenvalue weighted by Gasteiger charge is 2.09. The van der Waals surface area contributed by atoms with Crippen LogP contribution in [0.1, 0.15) is 15.9 Å². The molecule has 0 aromatic heterocycles. The zero-order valence-corrected chi connectivity index (χ0v) is 17.8. The van der Waals surface area contributed by atoms with Crippen LogP contribution in [0.2, 0.25) is 5.02 Å². The smallest absolute Gasteiger partial charge is 0.335 e. The summed E-state index contributed by atoms with van der Waals surface area (Å²) in [4.78, 5) is 11.0. The number of hydrogen-bond acceptors (Lipinski definition) is 4. The van der Waals surface area contributed by atoms with Crippen molar-refractivity contribution in [3.05, 3.63) is 113 Å². The number of halogens is 1. The normalized spacial score (nSPS) is 10.4. The van der Waals surface area contributed by atoms with Gasteiger partial charge in [-0.25, -0.2) is 4.79 Å². The van der Waals surface area contributed by atoms with Gasteiger partial charge in [0.1, 0.15) is 23.0 Å². The number of hydrogen-bond donors (Lipinski definition) is 2. The molecule has 160 valence electrons. The third kappa shape index (κ3) is 5.59. The fourth-order valence-electron chi connectivity index (χ4n) is 2.99. The molecule has 0 amide bonds. The van der Waals surface area contributed by atoms with E-state index in [0.29, 0.717) is 18.0 Å². The molecule has 0 aliphatic heterocycles. The highest BCUT2D eigenvalue weighted by molar-refractivity contribution is 6.32. The molecule has 0 unspecified atom stereocenters. The summed E-state index contributed by atoms with van der Waals surface area (Å²) in [7, 11) is 0. The van der Waals surface area contributed by atoms with Crippen LogP contribution in [0.15, 0.2) is 97.1 Å². The zero-order valence-electron chi connectivity index (χ0n) is 17.0. The third-order valence-electron chi connectivity index (χ3n) is 4.66. The quantitative estimate of drug-likeness (QED) is 0.299. The molecule has 2 N–H and O–H groups in total. The van der Waals surface area contributed by atoms with E-state index in [9.17, 15) is 4.79 Å². The Bertz CT molecular complexity index is 1190. The number of aromatic carboxylic acids is 1. The van der Waals surface area contributed by atoms with Crippen molar-refractivity contribution < 1.29 is 19.4 Å². The van der Waals surface area contributed by atoms with Crippen LogP contribution in [-0.2, 0) is 6.54 Å². The van der Waals surface area contributed by atoms with Gasteiger partial charge in [0.25, 0.3) is 0 Å². The Hall–Kier alpha value is -3.96. The minimum Gasteiger partial charge on any atom is -0.478 e. The van der Waals surface area contributed by atoms with E-state index < -0.39 is 5.97 Å². The molecule has 6 heteroatoms. The molecule has 4 aromatic rings. The first-order valence-corrected chi connectivity index (χ1v) is 10.3. The van der Waals surface area contributed by atoms with E-state index in [4.69, 9.17) is 26.2 Å². The first-order valence-electron chi connectivity index (χ1n) is 9.93. The first kappa shape index (κ1) is 21.3. The Balaban J connectivity index is 1.31. The van der Waals surface area contributed by atoms with Crippen LogP contribution in [0.4, 0.5) is 5.69 Å². The molecule has 0 spiro atoms. The summed E-state index contributed by atoms with van der Waals surface area (Å²) in [6.07, 6.45) is 0. The average molecular weight is 446 g/mol. The van der Waals surface area contributed by atoms with Gasteiger partial charge in [0, 0.05) is 12.2 Å². The van der Waals surface area contributed by atoms with Crippen molar-refractivity contribution in [3.63, 3.8) is 0 Å². The summed E-state index contributed by atoms with van der Waals surface area (Å²) in [5, 5.41) is 12.6. The molecule has 0 radical (unpaired) electrons. The largest absolute Gasteiger partial charge is 0.478 e. The fraction of sp³-hybridized carbons (Fsp3) is 0.0385. The highest BCUT2D eigenvalue weighted by Crippen LogP contribution is 2.31. The second kappa shape index (κ2) is 9.90. The van der Waals surface area contributed by atoms with Crippen molar-refractivity contribution in [1.29, 1.82) is 0 Å². The van der Waals surface area contributed by atoms with Gasteiger partial charge >= 0.3 is 5.97 Å². The molecule has 0 aliphatic carbocycles. The predicted octanol–water partition coefficient (Wildman–Crippen LogP) is 7.23. The van der Waals surface area contributed by atoms with Crippen LogP contribution in [0.5, 0.6) is 23.0 Å². The number of carboxylic acid groups (broad SMARTS) is 1. The van der Waals surface area contributed by atoms with Gasteiger partial charge in [-0.3, -0.25) is 0 Å². The lowest BCUT2D eigenvalue weighted by molar-refractivity contribution is 0.0697. The van der Waals surface area contributed by atoms with E-state index in [1.54, 1.807) is 6.07 Å². The summed E-state index contributed by atoms with van der Waals surface area (Å²) in [6.45, 7) is 0.661. The summed E-state index contributed by atoms with van der Waals surface area (Å²) in [5.74, 6) is 1.56. The maximum atomic E-state index is 11.0. The molecule has 0 bridgehead atoms. The standard InChI is InChI=1S/C26H20ClNO4/c27-24-16-19(26(29)30)8-15-25(24)32-23-13-9-20(10-14-23)28-17-18-6-11-22(12-7-18)31-21-4-2-1-3-5-21/h1-16,28H,17H2,(H,29,30). The minimum atomic E-state index is -1.03. The van der Waals surface area contributed by atoms with E-state index in [1.807, 2.05) is 78.9 Å². The van der Waals surface area contributed by atoms with Crippen LogP contribution in [0.25, 0.3) is 0 Å². The zero-order chi connectivity index (χ0) is 22.3.